The minimum absolute atomic E-state index is 0.160. The Morgan fingerprint density at radius 3 is 2.47 bits per heavy atom. The Bertz CT molecular complexity index is 374. The molecule has 1 unspecified atom stereocenters. The zero-order valence-electron chi connectivity index (χ0n) is 11.8. The van der Waals surface area contributed by atoms with Crippen LogP contribution in [0.3, 0.4) is 0 Å². The van der Waals surface area contributed by atoms with E-state index in [9.17, 15) is 9.59 Å². The van der Waals surface area contributed by atoms with Crippen LogP contribution < -0.4 is 0 Å². The molecule has 2 saturated carbocycles. The van der Waals surface area contributed by atoms with E-state index in [1.54, 1.807) is 0 Å². The molecule has 1 atom stereocenters. The first-order valence-electron chi connectivity index (χ1n) is 7.80. The van der Waals surface area contributed by atoms with Crippen LogP contribution in [0.25, 0.3) is 0 Å². The molecule has 3 rings (SSSR count). The zero-order valence-corrected chi connectivity index (χ0v) is 11.8. The van der Waals surface area contributed by atoms with Gasteiger partial charge in [0.15, 0.2) is 0 Å². The summed E-state index contributed by atoms with van der Waals surface area (Å²) in [5, 5.41) is 0. The highest BCUT2D eigenvalue weighted by molar-refractivity contribution is 5.90. The maximum atomic E-state index is 12.6. The van der Waals surface area contributed by atoms with Crippen LogP contribution in [0, 0.1) is 11.8 Å². The van der Waals surface area contributed by atoms with Gasteiger partial charge in [0.25, 0.3) is 0 Å². The summed E-state index contributed by atoms with van der Waals surface area (Å²) in [6.45, 7) is 4.50. The third-order valence-corrected chi connectivity index (χ3v) is 4.62. The fourth-order valence-corrected chi connectivity index (χ4v) is 3.05. The van der Waals surface area contributed by atoms with Gasteiger partial charge < -0.3 is 9.80 Å². The van der Waals surface area contributed by atoms with E-state index in [4.69, 9.17) is 0 Å². The minimum Gasteiger partial charge on any atom is -0.341 e. The Morgan fingerprint density at radius 1 is 1.16 bits per heavy atom. The minimum atomic E-state index is -0.160. The second-order valence-corrected chi connectivity index (χ2v) is 6.28. The van der Waals surface area contributed by atoms with E-state index in [1.165, 1.54) is 12.8 Å². The van der Waals surface area contributed by atoms with Crippen molar-refractivity contribution in [3.63, 3.8) is 0 Å². The Hall–Kier alpha value is -1.06. The number of carbonyl (C=O) groups excluding carboxylic acids is 2. The molecular weight excluding hydrogens is 240 g/mol. The lowest BCUT2D eigenvalue weighted by Crippen LogP contribution is -2.48. The number of likely N-dealkylation sites (tertiary alicyclic amines) is 1. The highest BCUT2D eigenvalue weighted by Crippen LogP contribution is 2.34. The van der Waals surface area contributed by atoms with Crippen LogP contribution in [0.1, 0.15) is 45.4 Å². The fourth-order valence-electron chi connectivity index (χ4n) is 3.05. The third-order valence-electron chi connectivity index (χ3n) is 4.62. The molecule has 0 spiro atoms. The molecule has 19 heavy (non-hydrogen) atoms. The number of hydrogen-bond donors (Lipinski definition) is 0. The molecule has 106 valence electrons. The molecule has 1 aliphatic heterocycles. The van der Waals surface area contributed by atoms with Crippen molar-refractivity contribution >= 4 is 11.8 Å². The quantitative estimate of drug-likeness (QED) is 0.757. The second-order valence-electron chi connectivity index (χ2n) is 6.28. The maximum Gasteiger partial charge on any atom is 0.245 e. The van der Waals surface area contributed by atoms with Crippen molar-refractivity contribution in [3.8, 4) is 0 Å². The molecule has 4 nitrogen and oxygen atoms in total. The van der Waals surface area contributed by atoms with Crippen molar-refractivity contribution in [1.82, 2.24) is 9.80 Å². The van der Waals surface area contributed by atoms with E-state index in [0.29, 0.717) is 0 Å². The highest BCUT2D eigenvalue weighted by Gasteiger charge is 2.42. The van der Waals surface area contributed by atoms with Gasteiger partial charge in [0.05, 0.1) is 0 Å². The van der Waals surface area contributed by atoms with Gasteiger partial charge in [-0.3, -0.25) is 9.59 Å². The van der Waals surface area contributed by atoms with Crippen molar-refractivity contribution < 1.29 is 9.59 Å². The van der Waals surface area contributed by atoms with Crippen molar-refractivity contribution in [2.75, 3.05) is 19.6 Å². The fraction of sp³-hybridized carbons (Fsp3) is 0.867. The molecule has 1 saturated heterocycles. The summed E-state index contributed by atoms with van der Waals surface area (Å²) < 4.78 is 0. The predicted octanol–water partition coefficient (Wildman–Crippen LogP) is 1.65. The molecular formula is C15H24N2O2. The van der Waals surface area contributed by atoms with Gasteiger partial charge in [-0.2, -0.15) is 0 Å². The molecule has 0 aromatic carbocycles. The summed E-state index contributed by atoms with van der Waals surface area (Å²) in [4.78, 5) is 28.7. The molecule has 0 aromatic rings. The normalized spacial score (nSPS) is 26.6. The molecule has 3 aliphatic rings. The van der Waals surface area contributed by atoms with Crippen LogP contribution in [-0.4, -0.2) is 47.3 Å². The van der Waals surface area contributed by atoms with E-state index in [1.807, 2.05) is 16.7 Å². The average Bonchev–Trinajstić information content (AvgIpc) is 3.33. The number of amides is 2. The summed E-state index contributed by atoms with van der Waals surface area (Å²) in [6, 6.07) is -0.160. The van der Waals surface area contributed by atoms with Gasteiger partial charge in [-0.15, -0.1) is 0 Å². The van der Waals surface area contributed by atoms with Gasteiger partial charge in [0.2, 0.25) is 11.8 Å². The first-order chi connectivity index (χ1) is 9.20. The first kappa shape index (κ1) is 12.9. The Kier molecular flexibility index (Phi) is 3.50. The van der Waals surface area contributed by atoms with E-state index < -0.39 is 0 Å². The van der Waals surface area contributed by atoms with Crippen LogP contribution in [0.15, 0.2) is 0 Å². The number of nitrogens with zero attached hydrogens (tertiary/aromatic N) is 2. The second kappa shape index (κ2) is 5.14. The zero-order chi connectivity index (χ0) is 13.4. The topological polar surface area (TPSA) is 40.6 Å². The predicted molar refractivity (Wildman–Crippen MR) is 72.4 cm³/mol. The standard InChI is InChI=1S/C15H24N2O2/c1-2-16(10-11-5-6-11)15(19)13-4-3-9-17(13)14(18)12-7-8-12/h11-13H,2-10H2,1H3. The van der Waals surface area contributed by atoms with Crippen LogP contribution >= 0.6 is 0 Å². The monoisotopic (exact) mass is 264 g/mol. The van der Waals surface area contributed by atoms with Crippen LogP contribution in [0.5, 0.6) is 0 Å². The summed E-state index contributed by atoms with van der Waals surface area (Å²) in [7, 11) is 0. The molecule has 2 aliphatic carbocycles. The van der Waals surface area contributed by atoms with Gasteiger partial charge in [-0.05, 0) is 51.4 Å². The van der Waals surface area contributed by atoms with Gasteiger partial charge in [-0.25, -0.2) is 0 Å². The van der Waals surface area contributed by atoms with Crippen LogP contribution in [-0.2, 0) is 9.59 Å². The summed E-state index contributed by atoms with van der Waals surface area (Å²) in [5.41, 5.74) is 0. The lowest BCUT2D eigenvalue weighted by molar-refractivity contribution is -0.144. The first-order valence-corrected chi connectivity index (χ1v) is 7.80. The molecule has 0 N–H and O–H groups in total. The molecule has 3 fully saturated rings. The Labute approximate surface area is 115 Å². The number of carbonyl (C=O) groups is 2. The number of rotatable bonds is 5. The highest BCUT2D eigenvalue weighted by atomic mass is 16.2. The van der Waals surface area contributed by atoms with E-state index in [2.05, 4.69) is 0 Å². The maximum absolute atomic E-state index is 12.6. The van der Waals surface area contributed by atoms with E-state index in [-0.39, 0.29) is 23.8 Å². The van der Waals surface area contributed by atoms with Gasteiger partial charge in [-0.1, -0.05) is 0 Å². The summed E-state index contributed by atoms with van der Waals surface area (Å²) >= 11 is 0. The largest absolute Gasteiger partial charge is 0.341 e. The summed E-state index contributed by atoms with van der Waals surface area (Å²) in [5.74, 6) is 1.38. The number of likely N-dealkylation sites (N-methyl/N-ethyl adjacent to an activating group) is 1. The lowest BCUT2D eigenvalue weighted by atomic mass is 10.1. The van der Waals surface area contributed by atoms with Gasteiger partial charge in [0, 0.05) is 25.6 Å². The van der Waals surface area contributed by atoms with Crippen molar-refractivity contribution in [3.05, 3.63) is 0 Å². The molecule has 4 heteroatoms. The molecule has 0 aromatic heterocycles. The van der Waals surface area contributed by atoms with Crippen LogP contribution in [0.2, 0.25) is 0 Å². The average molecular weight is 264 g/mol. The van der Waals surface area contributed by atoms with Gasteiger partial charge >= 0.3 is 0 Å². The smallest absolute Gasteiger partial charge is 0.245 e. The SMILES string of the molecule is CCN(CC1CC1)C(=O)C1CCCN1C(=O)C1CC1. The van der Waals surface area contributed by atoms with Crippen molar-refractivity contribution in [2.45, 2.75) is 51.5 Å². The van der Waals surface area contributed by atoms with Crippen molar-refractivity contribution in [2.24, 2.45) is 11.8 Å². The molecule has 0 bridgehead atoms. The lowest BCUT2D eigenvalue weighted by Gasteiger charge is -2.30. The summed E-state index contributed by atoms with van der Waals surface area (Å²) in [6.07, 6.45) is 6.41. The molecule has 0 radical (unpaired) electrons. The molecule has 2 amide bonds. The van der Waals surface area contributed by atoms with Gasteiger partial charge in [0.1, 0.15) is 6.04 Å². The Balaban J connectivity index is 1.64. The van der Waals surface area contributed by atoms with E-state index in [0.717, 1.165) is 51.2 Å². The van der Waals surface area contributed by atoms with Crippen molar-refractivity contribution in [1.29, 1.82) is 0 Å². The molecule has 1 heterocycles. The number of hydrogen-bond acceptors (Lipinski definition) is 2. The Morgan fingerprint density at radius 2 is 1.89 bits per heavy atom. The third kappa shape index (κ3) is 2.77. The van der Waals surface area contributed by atoms with E-state index >= 15 is 0 Å². The van der Waals surface area contributed by atoms with Crippen LogP contribution in [0.4, 0.5) is 0 Å².